The van der Waals surface area contributed by atoms with Gasteiger partial charge in [0.1, 0.15) is 5.69 Å². The lowest BCUT2D eigenvalue weighted by molar-refractivity contribution is 0.0396. The fraction of sp³-hybridized carbons (Fsp3) is 0.636. The van der Waals surface area contributed by atoms with Gasteiger partial charge in [0.2, 0.25) is 5.88 Å². The minimum atomic E-state index is -0.311. The summed E-state index contributed by atoms with van der Waals surface area (Å²) in [5.41, 5.74) is 6.75. The number of nitrogens with zero attached hydrogens (tertiary/aromatic N) is 2. The van der Waals surface area contributed by atoms with Crippen molar-refractivity contribution in [3.8, 4) is 5.88 Å². The zero-order valence-corrected chi connectivity index (χ0v) is 10.0. The molecule has 2 atom stereocenters. The summed E-state index contributed by atoms with van der Waals surface area (Å²) in [6, 6.07) is -0.311. The molecule has 5 heteroatoms. The third kappa shape index (κ3) is 2.90. The average Bonchev–Trinajstić information content (AvgIpc) is 2.35. The third-order valence-electron chi connectivity index (χ3n) is 2.38. The molecule has 0 spiro atoms. The average molecular weight is 225 g/mol. The first kappa shape index (κ1) is 12.9. The Hall–Kier alpha value is -1.20. The second-order valence-corrected chi connectivity index (χ2v) is 3.38. The molecule has 1 rings (SSSR count). The number of aromatic nitrogens is 2. The minimum absolute atomic E-state index is 0.0596. The van der Waals surface area contributed by atoms with Gasteiger partial charge in [0.05, 0.1) is 19.3 Å². The molecule has 16 heavy (non-hydrogen) atoms. The lowest BCUT2D eigenvalue weighted by atomic mass is 10.1. The standard InChI is InChI=1S/C11H19N3O2/c1-4-8(16-5-2)9(12)10-11(15-3)14-7-6-13-10/h6-9H,4-5,12H2,1-3H3. The van der Waals surface area contributed by atoms with Gasteiger partial charge in [-0.1, -0.05) is 6.92 Å². The lowest BCUT2D eigenvalue weighted by Gasteiger charge is -2.22. The molecule has 0 saturated heterocycles. The molecule has 2 N–H and O–H groups in total. The molecule has 0 fully saturated rings. The van der Waals surface area contributed by atoms with Crippen LogP contribution in [-0.2, 0) is 4.74 Å². The Morgan fingerprint density at radius 2 is 2.00 bits per heavy atom. The molecule has 0 aliphatic heterocycles. The number of rotatable bonds is 6. The molecule has 0 saturated carbocycles. The maximum absolute atomic E-state index is 6.10. The highest BCUT2D eigenvalue weighted by Crippen LogP contribution is 2.23. The van der Waals surface area contributed by atoms with Gasteiger partial charge in [-0.15, -0.1) is 0 Å². The van der Waals surface area contributed by atoms with Crippen molar-refractivity contribution >= 4 is 0 Å². The van der Waals surface area contributed by atoms with Gasteiger partial charge in [-0.25, -0.2) is 4.98 Å². The van der Waals surface area contributed by atoms with Gasteiger partial charge in [0.15, 0.2) is 0 Å². The van der Waals surface area contributed by atoms with E-state index in [0.29, 0.717) is 18.2 Å². The Kier molecular flexibility index (Phi) is 5.14. The molecular weight excluding hydrogens is 206 g/mol. The number of hydrogen-bond acceptors (Lipinski definition) is 5. The van der Waals surface area contributed by atoms with Crippen molar-refractivity contribution in [2.45, 2.75) is 32.4 Å². The molecule has 0 aliphatic rings. The predicted molar refractivity (Wildman–Crippen MR) is 61.2 cm³/mol. The van der Waals surface area contributed by atoms with E-state index < -0.39 is 0 Å². The van der Waals surface area contributed by atoms with Gasteiger partial charge in [0, 0.05) is 19.0 Å². The van der Waals surface area contributed by atoms with Crippen LogP contribution >= 0.6 is 0 Å². The topological polar surface area (TPSA) is 70.3 Å². The van der Waals surface area contributed by atoms with Crippen LogP contribution in [-0.4, -0.2) is 29.8 Å². The predicted octanol–water partition coefficient (Wildman–Crippen LogP) is 1.30. The second-order valence-electron chi connectivity index (χ2n) is 3.38. The Morgan fingerprint density at radius 1 is 1.31 bits per heavy atom. The highest BCUT2D eigenvalue weighted by molar-refractivity contribution is 5.21. The first-order chi connectivity index (χ1) is 7.74. The number of nitrogens with two attached hydrogens (primary N) is 1. The van der Waals surface area contributed by atoms with Crippen molar-refractivity contribution in [2.24, 2.45) is 5.73 Å². The van der Waals surface area contributed by atoms with Crippen LogP contribution in [0.1, 0.15) is 32.0 Å². The maximum Gasteiger partial charge on any atom is 0.237 e. The van der Waals surface area contributed by atoms with Crippen molar-refractivity contribution in [3.63, 3.8) is 0 Å². The molecule has 5 nitrogen and oxygen atoms in total. The summed E-state index contributed by atoms with van der Waals surface area (Å²) in [7, 11) is 1.56. The molecule has 1 aromatic heterocycles. The Labute approximate surface area is 96.0 Å². The van der Waals surface area contributed by atoms with Crippen molar-refractivity contribution < 1.29 is 9.47 Å². The Morgan fingerprint density at radius 3 is 2.56 bits per heavy atom. The normalized spacial score (nSPS) is 14.5. The SMILES string of the molecule is CCOC(CC)C(N)c1nccnc1OC. The van der Waals surface area contributed by atoms with E-state index in [0.717, 1.165) is 6.42 Å². The molecule has 0 amide bonds. The highest BCUT2D eigenvalue weighted by Gasteiger charge is 2.23. The molecule has 0 aliphatic carbocycles. The van der Waals surface area contributed by atoms with Gasteiger partial charge in [-0.05, 0) is 13.3 Å². The number of methoxy groups -OCH3 is 1. The highest BCUT2D eigenvalue weighted by atomic mass is 16.5. The van der Waals surface area contributed by atoms with Crippen LogP contribution in [0.25, 0.3) is 0 Å². The van der Waals surface area contributed by atoms with Gasteiger partial charge in [0.25, 0.3) is 0 Å². The molecule has 90 valence electrons. The van der Waals surface area contributed by atoms with Gasteiger partial charge in [-0.2, -0.15) is 0 Å². The van der Waals surface area contributed by atoms with E-state index >= 15 is 0 Å². The molecular formula is C11H19N3O2. The van der Waals surface area contributed by atoms with Gasteiger partial charge >= 0.3 is 0 Å². The molecule has 1 aromatic rings. The van der Waals surface area contributed by atoms with E-state index in [2.05, 4.69) is 9.97 Å². The van der Waals surface area contributed by atoms with E-state index in [1.807, 2.05) is 13.8 Å². The van der Waals surface area contributed by atoms with E-state index in [-0.39, 0.29) is 12.1 Å². The van der Waals surface area contributed by atoms with Crippen LogP contribution in [0, 0.1) is 0 Å². The molecule has 2 unspecified atom stereocenters. The van der Waals surface area contributed by atoms with Crippen LogP contribution in [0.5, 0.6) is 5.88 Å². The quantitative estimate of drug-likeness (QED) is 0.790. The van der Waals surface area contributed by atoms with Crippen LogP contribution < -0.4 is 10.5 Å². The molecule has 0 radical (unpaired) electrons. The van der Waals surface area contributed by atoms with Gasteiger partial charge in [-0.3, -0.25) is 4.98 Å². The van der Waals surface area contributed by atoms with E-state index in [4.69, 9.17) is 15.2 Å². The maximum atomic E-state index is 6.10. The minimum Gasteiger partial charge on any atom is -0.480 e. The fourth-order valence-corrected chi connectivity index (χ4v) is 1.59. The largest absolute Gasteiger partial charge is 0.480 e. The zero-order valence-electron chi connectivity index (χ0n) is 10.0. The molecule has 1 heterocycles. The second kappa shape index (κ2) is 6.40. The Balaban J connectivity index is 2.88. The van der Waals surface area contributed by atoms with Crippen LogP contribution in [0.3, 0.4) is 0 Å². The van der Waals surface area contributed by atoms with E-state index in [9.17, 15) is 0 Å². The number of ether oxygens (including phenoxy) is 2. The monoisotopic (exact) mass is 225 g/mol. The van der Waals surface area contributed by atoms with Crippen LogP contribution in [0.4, 0.5) is 0 Å². The van der Waals surface area contributed by atoms with Crippen molar-refractivity contribution in [1.82, 2.24) is 9.97 Å². The smallest absolute Gasteiger partial charge is 0.237 e. The van der Waals surface area contributed by atoms with E-state index in [1.54, 1.807) is 19.5 Å². The van der Waals surface area contributed by atoms with E-state index in [1.165, 1.54) is 0 Å². The summed E-state index contributed by atoms with van der Waals surface area (Å²) in [6.45, 7) is 4.61. The summed E-state index contributed by atoms with van der Waals surface area (Å²) < 4.78 is 10.7. The molecule has 0 aromatic carbocycles. The summed E-state index contributed by atoms with van der Waals surface area (Å²) >= 11 is 0. The third-order valence-corrected chi connectivity index (χ3v) is 2.38. The summed E-state index contributed by atoms with van der Waals surface area (Å²) in [5.74, 6) is 0.466. The molecule has 0 bridgehead atoms. The van der Waals surface area contributed by atoms with Crippen LogP contribution in [0.2, 0.25) is 0 Å². The first-order valence-corrected chi connectivity index (χ1v) is 5.46. The van der Waals surface area contributed by atoms with Crippen molar-refractivity contribution in [3.05, 3.63) is 18.1 Å². The Bertz CT molecular complexity index is 320. The summed E-state index contributed by atoms with van der Waals surface area (Å²) in [6.07, 6.45) is 3.96. The summed E-state index contributed by atoms with van der Waals surface area (Å²) in [5, 5.41) is 0. The fourth-order valence-electron chi connectivity index (χ4n) is 1.59. The number of hydrogen-bond donors (Lipinski definition) is 1. The summed E-state index contributed by atoms with van der Waals surface area (Å²) in [4.78, 5) is 8.28. The lowest BCUT2D eigenvalue weighted by Crippen LogP contribution is -2.29. The van der Waals surface area contributed by atoms with Crippen LogP contribution in [0.15, 0.2) is 12.4 Å². The first-order valence-electron chi connectivity index (χ1n) is 5.46. The van der Waals surface area contributed by atoms with Gasteiger partial charge < -0.3 is 15.2 Å². The van der Waals surface area contributed by atoms with Crippen molar-refractivity contribution in [1.29, 1.82) is 0 Å². The van der Waals surface area contributed by atoms with Crippen molar-refractivity contribution in [2.75, 3.05) is 13.7 Å². The zero-order chi connectivity index (χ0) is 12.0.